The first-order chi connectivity index (χ1) is 17.9. The van der Waals surface area contributed by atoms with E-state index in [1.165, 1.54) is 12.1 Å². The monoisotopic (exact) mass is 527 g/mol. The summed E-state index contributed by atoms with van der Waals surface area (Å²) in [5.74, 6) is -0.873. The average Bonchev–Trinajstić information content (AvgIpc) is 3.52. The quantitative estimate of drug-likeness (QED) is 0.509. The third-order valence-corrected chi connectivity index (χ3v) is 7.46. The highest BCUT2D eigenvalue weighted by Gasteiger charge is 2.40. The molecule has 1 aromatic heterocycles. The van der Waals surface area contributed by atoms with Gasteiger partial charge < -0.3 is 19.7 Å². The van der Waals surface area contributed by atoms with Crippen LogP contribution in [-0.4, -0.2) is 68.8 Å². The molecule has 0 saturated carbocycles. The van der Waals surface area contributed by atoms with Crippen molar-refractivity contribution in [2.24, 2.45) is 18.4 Å². The molecule has 1 saturated heterocycles. The van der Waals surface area contributed by atoms with E-state index in [4.69, 9.17) is 0 Å². The normalized spacial score (nSPS) is 17.2. The van der Waals surface area contributed by atoms with E-state index in [9.17, 15) is 18.8 Å². The van der Waals surface area contributed by atoms with Gasteiger partial charge in [0.05, 0.1) is 12.5 Å². The maximum atomic E-state index is 13.9. The Morgan fingerprint density at radius 2 is 1.89 bits per heavy atom. The number of hydrogen-bond donors (Lipinski definition) is 1. The summed E-state index contributed by atoms with van der Waals surface area (Å²) in [5.41, 5.74) is 0.919. The number of likely N-dealkylation sites (tertiary alicyclic amines) is 1. The molecule has 9 heteroatoms. The van der Waals surface area contributed by atoms with Crippen LogP contribution in [0.2, 0.25) is 0 Å². The number of hydrogen-bond acceptors (Lipinski definition) is 4. The lowest BCUT2D eigenvalue weighted by molar-refractivity contribution is -0.141. The highest BCUT2D eigenvalue weighted by Crippen LogP contribution is 2.27. The molecule has 0 bridgehead atoms. The first kappa shape index (κ1) is 29.3. The van der Waals surface area contributed by atoms with Crippen molar-refractivity contribution < 1.29 is 18.8 Å². The van der Waals surface area contributed by atoms with Crippen molar-refractivity contribution in [2.45, 2.75) is 72.4 Å². The number of imidazole rings is 1. The lowest BCUT2D eigenvalue weighted by atomic mass is 9.85. The highest BCUT2D eigenvalue weighted by atomic mass is 19.1. The first-order valence-corrected chi connectivity index (χ1v) is 13.5. The molecule has 208 valence electrons. The van der Waals surface area contributed by atoms with Crippen molar-refractivity contribution >= 4 is 17.7 Å². The number of rotatable bonds is 10. The predicted octanol–water partition coefficient (Wildman–Crippen LogP) is 3.81. The molecule has 3 rings (SSSR count). The summed E-state index contributed by atoms with van der Waals surface area (Å²) < 4.78 is 15.1. The molecule has 0 unspecified atom stereocenters. The maximum absolute atomic E-state index is 13.9. The Bertz CT molecular complexity index is 1110. The predicted molar refractivity (Wildman–Crippen MR) is 145 cm³/mol. The molecule has 0 spiro atoms. The molecule has 1 fully saturated rings. The van der Waals surface area contributed by atoms with Crippen LogP contribution < -0.4 is 5.32 Å². The number of carbonyl (C=O) groups is 3. The number of aromatic nitrogens is 2. The molecule has 8 nitrogen and oxygen atoms in total. The molecule has 1 N–H and O–H groups in total. The minimum atomic E-state index is -0.662. The number of benzene rings is 1. The SMILES string of the molecule is CC[C@@H](C)C(=O)N[C@H](C(=O)N1CCC[C@H]1CN(CCc1ccc(F)cc1)C(=O)c1cncn1C)C(C)(C)C. The first-order valence-electron chi connectivity index (χ1n) is 13.5. The summed E-state index contributed by atoms with van der Waals surface area (Å²) in [4.78, 5) is 47.8. The zero-order valence-corrected chi connectivity index (χ0v) is 23.5. The molecule has 0 aliphatic carbocycles. The lowest BCUT2D eigenvalue weighted by Gasteiger charge is -2.37. The van der Waals surface area contributed by atoms with Crippen molar-refractivity contribution in [1.29, 1.82) is 0 Å². The van der Waals surface area contributed by atoms with Crippen molar-refractivity contribution in [2.75, 3.05) is 19.6 Å². The molecule has 3 atom stereocenters. The Morgan fingerprint density at radius 3 is 2.47 bits per heavy atom. The van der Waals surface area contributed by atoms with Gasteiger partial charge >= 0.3 is 0 Å². The molecular weight excluding hydrogens is 485 g/mol. The molecule has 0 radical (unpaired) electrons. The summed E-state index contributed by atoms with van der Waals surface area (Å²) in [7, 11) is 1.78. The largest absolute Gasteiger partial charge is 0.344 e. The number of amides is 3. The van der Waals surface area contributed by atoms with Crippen LogP contribution in [0.5, 0.6) is 0 Å². The number of aryl methyl sites for hydroxylation is 1. The minimum Gasteiger partial charge on any atom is -0.344 e. The Hall–Kier alpha value is -3.23. The number of carbonyl (C=O) groups excluding carboxylic acids is 3. The summed E-state index contributed by atoms with van der Waals surface area (Å²) in [6.07, 6.45) is 5.99. The van der Waals surface area contributed by atoms with Gasteiger partial charge in [0.1, 0.15) is 17.6 Å². The zero-order chi connectivity index (χ0) is 28.0. The van der Waals surface area contributed by atoms with Crippen LogP contribution in [0, 0.1) is 17.2 Å². The van der Waals surface area contributed by atoms with Gasteiger partial charge in [-0.3, -0.25) is 14.4 Å². The van der Waals surface area contributed by atoms with E-state index in [0.29, 0.717) is 38.2 Å². The fourth-order valence-corrected chi connectivity index (χ4v) is 4.77. The van der Waals surface area contributed by atoms with E-state index in [2.05, 4.69) is 10.3 Å². The van der Waals surface area contributed by atoms with E-state index in [-0.39, 0.29) is 35.5 Å². The Labute approximate surface area is 225 Å². The topological polar surface area (TPSA) is 87.5 Å². The summed E-state index contributed by atoms with van der Waals surface area (Å²) >= 11 is 0. The minimum absolute atomic E-state index is 0.108. The van der Waals surface area contributed by atoms with Gasteiger partial charge in [-0.15, -0.1) is 0 Å². The number of halogens is 1. The molecule has 38 heavy (non-hydrogen) atoms. The molecular formula is C29H42FN5O3. The highest BCUT2D eigenvalue weighted by molar-refractivity contribution is 5.92. The molecule has 1 aliphatic rings. The van der Waals surface area contributed by atoms with E-state index in [0.717, 1.165) is 18.4 Å². The van der Waals surface area contributed by atoms with Gasteiger partial charge in [-0.25, -0.2) is 9.37 Å². The van der Waals surface area contributed by atoms with Gasteiger partial charge in [0.15, 0.2) is 0 Å². The Morgan fingerprint density at radius 1 is 1.21 bits per heavy atom. The van der Waals surface area contributed by atoms with Crippen LogP contribution in [0.1, 0.15) is 69.9 Å². The maximum Gasteiger partial charge on any atom is 0.272 e. The van der Waals surface area contributed by atoms with Crippen molar-refractivity contribution in [3.05, 3.63) is 53.9 Å². The molecule has 1 aromatic carbocycles. The van der Waals surface area contributed by atoms with Crippen LogP contribution >= 0.6 is 0 Å². The smallest absolute Gasteiger partial charge is 0.272 e. The molecule has 2 aromatic rings. The zero-order valence-electron chi connectivity index (χ0n) is 23.5. The molecule has 3 amide bonds. The van der Waals surface area contributed by atoms with E-state index in [1.54, 1.807) is 41.2 Å². The van der Waals surface area contributed by atoms with Gasteiger partial charge in [0.2, 0.25) is 11.8 Å². The van der Waals surface area contributed by atoms with E-state index < -0.39 is 11.5 Å². The van der Waals surface area contributed by atoms with E-state index in [1.807, 2.05) is 39.5 Å². The van der Waals surface area contributed by atoms with Gasteiger partial charge in [-0.2, -0.15) is 0 Å². The Balaban J connectivity index is 1.81. The van der Waals surface area contributed by atoms with Crippen LogP contribution in [0.15, 0.2) is 36.8 Å². The van der Waals surface area contributed by atoms with E-state index >= 15 is 0 Å². The van der Waals surface area contributed by atoms with Crippen molar-refractivity contribution in [3.8, 4) is 0 Å². The third kappa shape index (κ3) is 7.20. The number of nitrogens with one attached hydrogen (secondary N) is 1. The van der Waals surface area contributed by atoms with Gasteiger partial charge in [0, 0.05) is 38.6 Å². The second kappa shape index (κ2) is 12.5. The third-order valence-electron chi connectivity index (χ3n) is 7.46. The Kier molecular flexibility index (Phi) is 9.68. The van der Waals surface area contributed by atoms with Gasteiger partial charge in [0.25, 0.3) is 5.91 Å². The van der Waals surface area contributed by atoms with Gasteiger partial charge in [-0.1, -0.05) is 46.8 Å². The summed E-state index contributed by atoms with van der Waals surface area (Å²) in [6, 6.07) is 5.45. The van der Waals surface area contributed by atoms with Crippen LogP contribution in [0.3, 0.4) is 0 Å². The fraction of sp³-hybridized carbons (Fsp3) is 0.586. The fourth-order valence-electron chi connectivity index (χ4n) is 4.77. The molecule has 2 heterocycles. The van der Waals surface area contributed by atoms with Crippen LogP contribution in [-0.2, 0) is 23.1 Å². The van der Waals surface area contributed by atoms with Crippen LogP contribution in [0.25, 0.3) is 0 Å². The average molecular weight is 528 g/mol. The second-order valence-corrected chi connectivity index (χ2v) is 11.5. The van der Waals surface area contributed by atoms with Gasteiger partial charge in [-0.05, 0) is 48.8 Å². The molecule has 1 aliphatic heterocycles. The van der Waals surface area contributed by atoms with Crippen molar-refractivity contribution in [1.82, 2.24) is 24.7 Å². The van der Waals surface area contributed by atoms with Crippen molar-refractivity contribution in [3.63, 3.8) is 0 Å². The lowest BCUT2D eigenvalue weighted by Crippen LogP contribution is -2.57. The number of nitrogens with zero attached hydrogens (tertiary/aromatic N) is 4. The summed E-state index contributed by atoms with van der Waals surface area (Å²) in [6.45, 7) is 11.1. The second-order valence-electron chi connectivity index (χ2n) is 11.5. The summed E-state index contributed by atoms with van der Waals surface area (Å²) in [5, 5.41) is 3.01. The standard InChI is InChI=1S/C29H42FN5O3/c1-7-20(2)26(36)32-25(29(3,4)5)28(38)35-15-8-9-23(35)18-34(27(37)24-17-31-19-33(24)6)16-14-21-10-12-22(30)13-11-21/h10-13,17,19-20,23,25H,7-9,14-16,18H2,1-6H3,(H,32,36)/t20-,23+,25-/m1/s1. The van der Waals surface area contributed by atoms with Crippen LogP contribution in [0.4, 0.5) is 4.39 Å².